The Labute approximate surface area is 88.6 Å². The summed E-state index contributed by atoms with van der Waals surface area (Å²) in [5, 5.41) is 0. The largest absolute Gasteiger partial charge is 0.458 e. The van der Waals surface area contributed by atoms with Crippen molar-refractivity contribution in [3.05, 3.63) is 41.0 Å². The van der Waals surface area contributed by atoms with E-state index in [0.29, 0.717) is 0 Å². The molecule has 3 rings (SSSR count). The van der Waals surface area contributed by atoms with Gasteiger partial charge in [-0.05, 0) is 30.0 Å². The quantitative estimate of drug-likeness (QED) is 0.600. The number of cyclic esters (lactones) is 1. The fourth-order valence-electron chi connectivity index (χ4n) is 2.42. The Hall–Kier alpha value is -1.57. The van der Waals surface area contributed by atoms with Crippen molar-refractivity contribution in [2.45, 2.75) is 19.4 Å². The van der Waals surface area contributed by atoms with E-state index in [1.807, 2.05) is 19.1 Å². The summed E-state index contributed by atoms with van der Waals surface area (Å²) < 4.78 is 5.23. The Morgan fingerprint density at radius 2 is 2.13 bits per heavy atom. The molecule has 0 radical (unpaired) electrons. The molecule has 76 valence electrons. The molecule has 15 heavy (non-hydrogen) atoms. The zero-order chi connectivity index (χ0) is 10.4. The first-order chi connectivity index (χ1) is 7.25. The summed E-state index contributed by atoms with van der Waals surface area (Å²) in [5.74, 6) is -0.0989. The average molecular weight is 200 g/mol. The zero-order valence-corrected chi connectivity index (χ0v) is 8.57. The Bertz CT molecular complexity index is 459. The third-order valence-electron chi connectivity index (χ3n) is 3.25. The first-order valence-corrected chi connectivity index (χ1v) is 5.25. The van der Waals surface area contributed by atoms with Gasteiger partial charge in [0, 0.05) is 0 Å². The first-order valence-electron chi connectivity index (χ1n) is 5.25. The van der Waals surface area contributed by atoms with Gasteiger partial charge >= 0.3 is 5.97 Å². The van der Waals surface area contributed by atoms with Gasteiger partial charge < -0.3 is 4.74 Å². The molecule has 2 nitrogen and oxygen atoms in total. The molecule has 0 N–H and O–H groups in total. The smallest absolute Gasteiger partial charge is 0.314 e. The van der Waals surface area contributed by atoms with E-state index >= 15 is 0 Å². The molecule has 2 atom stereocenters. The van der Waals surface area contributed by atoms with Crippen LogP contribution >= 0.6 is 0 Å². The van der Waals surface area contributed by atoms with Crippen molar-refractivity contribution in [2.24, 2.45) is 5.92 Å². The van der Waals surface area contributed by atoms with Crippen LogP contribution in [-0.4, -0.2) is 12.1 Å². The van der Waals surface area contributed by atoms with E-state index in [2.05, 4.69) is 18.2 Å². The summed E-state index contributed by atoms with van der Waals surface area (Å²) in [7, 11) is 0. The summed E-state index contributed by atoms with van der Waals surface area (Å²) in [6, 6.07) is 8.22. The number of carbonyl (C=O) groups is 1. The monoisotopic (exact) mass is 200 g/mol. The second kappa shape index (κ2) is 2.96. The molecule has 2 heteroatoms. The normalized spacial score (nSPS) is 27.8. The standard InChI is InChI=1S/C13H12O2/c1-8-11-6-9-4-2-3-5-10(9)7-12(11)13(14)15-8/h2-6,8,12H,7H2,1H3. The van der Waals surface area contributed by atoms with Crippen LogP contribution in [0.15, 0.2) is 29.8 Å². The van der Waals surface area contributed by atoms with Crippen molar-refractivity contribution in [1.29, 1.82) is 0 Å². The predicted octanol–water partition coefficient (Wildman–Crippen LogP) is 2.19. The highest BCUT2D eigenvalue weighted by atomic mass is 16.5. The summed E-state index contributed by atoms with van der Waals surface area (Å²) in [6.07, 6.45) is 2.86. The first kappa shape index (κ1) is 8.72. The van der Waals surface area contributed by atoms with Crippen LogP contribution in [-0.2, 0) is 16.0 Å². The van der Waals surface area contributed by atoms with E-state index in [-0.39, 0.29) is 18.0 Å². The summed E-state index contributed by atoms with van der Waals surface area (Å²) >= 11 is 0. The number of rotatable bonds is 0. The lowest BCUT2D eigenvalue weighted by Crippen LogP contribution is -2.16. The molecule has 0 spiro atoms. The lowest BCUT2D eigenvalue weighted by molar-refractivity contribution is -0.143. The molecule has 0 saturated carbocycles. The Morgan fingerprint density at radius 1 is 1.33 bits per heavy atom. The van der Waals surface area contributed by atoms with Gasteiger partial charge in [-0.3, -0.25) is 4.79 Å². The fraction of sp³-hybridized carbons (Fsp3) is 0.308. The Morgan fingerprint density at radius 3 is 3.00 bits per heavy atom. The Kier molecular flexibility index (Phi) is 1.72. The van der Waals surface area contributed by atoms with Crippen molar-refractivity contribution in [3.8, 4) is 0 Å². The molecule has 2 aliphatic rings. The molecule has 1 heterocycles. The van der Waals surface area contributed by atoms with Crippen molar-refractivity contribution in [3.63, 3.8) is 0 Å². The van der Waals surface area contributed by atoms with E-state index in [9.17, 15) is 4.79 Å². The highest BCUT2D eigenvalue weighted by Gasteiger charge is 2.39. The second-order valence-corrected chi connectivity index (χ2v) is 4.18. The average Bonchev–Trinajstić information content (AvgIpc) is 2.52. The SMILES string of the molecule is CC1OC(=O)C2Cc3ccccc3C=C12. The molecule has 1 fully saturated rings. The molecule has 1 saturated heterocycles. The van der Waals surface area contributed by atoms with Crippen molar-refractivity contribution < 1.29 is 9.53 Å². The molecule has 1 aromatic rings. The van der Waals surface area contributed by atoms with Crippen LogP contribution in [0.25, 0.3) is 6.08 Å². The molecular formula is C13H12O2. The van der Waals surface area contributed by atoms with Gasteiger partial charge in [-0.25, -0.2) is 0 Å². The maximum atomic E-state index is 11.6. The molecule has 0 amide bonds. The number of hydrogen-bond acceptors (Lipinski definition) is 2. The molecule has 2 unspecified atom stereocenters. The van der Waals surface area contributed by atoms with Crippen LogP contribution in [0.2, 0.25) is 0 Å². The van der Waals surface area contributed by atoms with Gasteiger partial charge in [-0.2, -0.15) is 0 Å². The highest BCUT2D eigenvalue weighted by Crippen LogP contribution is 2.36. The number of hydrogen-bond donors (Lipinski definition) is 0. The molecule has 1 aromatic carbocycles. The predicted molar refractivity (Wildman–Crippen MR) is 57.2 cm³/mol. The van der Waals surface area contributed by atoms with E-state index in [1.165, 1.54) is 11.1 Å². The van der Waals surface area contributed by atoms with Crippen LogP contribution in [0.4, 0.5) is 0 Å². The van der Waals surface area contributed by atoms with Gasteiger partial charge in [-0.1, -0.05) is 30.3 Å². The summed E-state index contributed by atoms with van der Waals surface area (Å²) in [5.41, 5.74) is 3.62. The molecule has 0 aromatic heterocycles. The van der Waals surface area contributed by atoms with E-state index in [1.54, 1.807) is 0 Å². The second-order valence-electron chi connectivity index (χ2n) is 4.18. The van der Waals surface area contributed by atoms with Crippen LogP contribution in [0.1, 0.15) is 18.1 Å². The number of benzene rings is 1. The van der Waals surface area contributed by atoms with Gasteiger partial charge in [-0.15, -0.1) is 0 Å². The number of ether oxygens (including phenoxy) is 1. The molecule has 1 aliphatic carbocycles. The van der Waals surface area contributed by atoms with Crippen LogP contribution in [0.5, 0.6) is 0 Å². The maximum absolute atomic E-state index is 11.6. The van der Waals surface area contributed by atoms with E-state index in [4.69, 9.17) is 4.74 Å². The number of esters is 1. The maximum Gasteiger partial charge on any atom is 0.314 e. The van der Waals surface area contributed by atoms with Gasteiger partial charge in [0.2, 0.25) is 0 Å². The molecular weight excluding hydrogens is 188 g/mol. The lowest BCUT2D eigenvalue weighted by atomic mass is 9.83. The number of carbonyl (C=O) groups excluding carboxylic acids is 1. The van der Waals surface area contributed by atoms with Crippen LogP contribution < -0.4 is 0 Å². The summed E-state index contributed by atoms with van der Waals surface area (Å²) in [4.78, 5) is 11.6. The zero-order valence-electron chi connectivity index (χ0n) is 8.57. The van der Waals surface area contributed by atoms with Crippen molar-refractivity contribution in [1.82, 2.24) is 0 Å². The molecule has 1 aliphatic heterocycles. The minimum atomic E-state index is -0.0664. The molecule has 0 bridgehead atoms. The van der Waals surface area contributed by atoms with Crippen LogP contribution in [0, 0.1) is 5.92 Å². The highest BCUT2D eigenvalue weighted by molar-refractivity contribution is 5.84. The van der Waals surface area contributed by atoms with Gasteiger partial charge in [0.1, 0.15) is 6.10 Å². The van der Waals surface area contributed by atoms with Crippen LogP contribution in [0.3, 0.4) is 0 Å². The van der Waals surface area contributed by atoms with Crippen molar-refractivity contribution in [2.75, 3.05) is 0 Å². The van der Waals surface area contributed by atoms with Gasteiger partial charge in [0.05, 0.1) is 5.92 Å². The Balaban J connectivity index is 2.12. The topological polar surface area (TPSA) is 26.3 Å². The van der Waals surface area contributed by atoms with Gasteiger partial charge in [0.25, 0.3) is 0 Å². The lowest BCUT2D eigenvalue weighted by Gasteiger charge is -2.17. The summed E-state index contributed by atoms with van der Waals surface area (Å²) in [6.45, 7) is 1.94. The van der Waals surface area contributed by atoms with Gasteiger partial charge in [0.15, 0.2) is 0 Å². The minimum absolute atomic E-state index is 0.0325. The van der Waals surface area contributed by atoms with E-state index < -0.39 is 0 Å². The van der Waals surface area contributed by atoms with Crippen molar-refractivity contribution >= 4 is 12.0 Å². The number of fused-ring (bicyclic) bond motifs is 2. The minimum Gasteiger partial charge on any atom is -0.458 e. The third-order valence-corrected chi connectivity index (χ3v) is 3.25. The van der Waals surface area contributed by atoms with E-state index in [0.717, 1.165) is 12.0 Å². The fourth-order valence-corrected chi connectivity index (χ4v) is 2.42. The third kappa shape index (κ3) is 1.21.